The first-order valence-electron chi connectivity index (χ1n) is 4.92. The van der Waals surface area contributed by atoms with Crippen LogP contribution in [0, 0.1) is 6.92 Å². The highest BCUT2D eigenvalue weighted by molar-refractivity contribution is 5.30. The number of hydrogen-bond acceptors (Lipinski definition) is 2. The topological polar surface area (TPSA) is 38.9 Å². The standard InChI is InChI=1S/C11H16N2/c1-9-4-7-13-8-10(9)11(12)5-2-3-6-11/h4,7-8H,2-3,5-6,12H2,1H3. The second-order valence-corrected chi connectivity index (χ2v) is 4.05. The molecule has 0 radical (unpaired) electrons. The SMILES string of the molecule is Cc1ccncc1C1(N)CCCC1. The Hall–Kier alpha value is -0.890. The summed E-state index contributed by atoms with van der Waals surface area (Å²) in [6, 6.07) is 2.04. The van der Waals surface area contributed by atoms with Gasteiger partial charge in [-0.15, -0.1) is 0 Å². The molecule has 13 heavy (non-hydrogen) atoms. The Kier molecular flexibility index (Phi) is 2.08. The summed E-state index contributed by atoms with van der Waals surface area (Å²) in [7, 11) is 0. The molecule has 0 atom stereocenters. The second-order valence-electron chi connectivity index (χ2n) is 4.05. The van der Waals surface area contributed by atoms with Gasteiger partial charge in [-0.25, -0.2) is 0 Å². The Balaban J connectivity index is 2.39. The molecular formula is C11H16N2. The monoisotopic (exact) mass is 176 g/mol. The summed E-state index contributed by atoms with van der Waals surface area (Å²) >= 11 is 0. The molecule has 1 aromatic rings. The molecule has 0 aromatic carbocycles. The molecule has 0 bridgehead atoms. The Morgan fingerprint density at radius 1 is 1.38 bits per heavy atom. The molecular weight excluding hydrogens is 160 g/mol. The van der Waals surface area contributed by atoms with Crippen LogP contribution < -0.4 is 5.73 Å². The molecule has 2 rings (SSSR count). The van der Waals surface area contributed by atoms with Crippen molar-refractivity contribution < 1.29 is 0 Å². The molecule has 2 N–H and O–H groups in total. The summed E-state index contributed by atoms with van der Waals surface area (Å²) in [6.45, 7) is 2.12. The molecule has 0 spiro atoms. The maximum absolute atomic E-state index is 6.34. The molecule has 1 saturated carbocycles. The Bertz CT molecular complexity index is 301. The highest BCUT2D eigenvalue weighted by Crippen LogP contribution is 2.37. The van der Waals surface area contributed by atoms with Crippen LogP contribution in [0.3, 0.4) is 0 Å². The second kappa shape index (κ2) is 3.11. The van der Waals surface area contributed by atoms with Crippen molar-refractivity contribution in [2.45, 2.75) is 38.1 Å². The third-order valence-corrected chi connectivity index (χ3v) is 3.07. The largest absolute Gasteiger partial charge is 0.321 e. The van der Waals surface area contributed by atoms with Crippen LogP contribution in [0.4, 0.5) is 0 Å². The average molecular weight is 176 g/mol. The van der Waals surface area contributed by atoms with Crippen molar-refractivity contribution in [3.05, 3.63) is 29.6 Å². The zero-order valence-corrected chi connectivity index (χ0v) is 8.09. The van der Waals surface area contributed by atoms with Gasteiger partial charge in [-0.1, -0.05) is 12.8 Å². The first kappa shape index (κ1) is 8.70. The lowest BCUT2D eigenvalue weighted by atomic mass is 9.88. The summed E-state index contributed by atoms with van der Waals surface area (Å²) in [4.78, 5) is 4.16. The number of aromatic nitrogens is 1. The fraction of sp³-hybridized carbons (Fsp3) is 0.545. The van der Waals surface area contributed by atoms with E-state index in [2.05, 4.69) is 11.9 Å². The van der Waals surface area contributed by atoms with Crippen LogP contribution in [0.15, 0.2) is 18.5 Å². The van der Waals surface area contributed by atoms with E-state index in [-0.39, 0.29) is 5.54 Å². The maximum Gasteiger partial charge on any atom is 0.0427 e. The van der Waals surface area contributed by atoms with Gasteiger partial charge in [0.05, 0.1) is 0 Å². The molecule has 2 nitrogen and oxygen atoms in total. The van der Waals surface area contributed by atoms with E-state index in [9.17, 15) is 0 Å². The highest BCUT2D eigenvalue weighted by atomic mass is 14.8. The van der Waals surface area contributed by atoms with E-state index in [4.69, 9.17) is 5.73 Å². The van der Waals surface area contributed by atoms with Crippen LogP contribution >= 0.6 is 0 Å². The van der Waals surface area contributed by atoms with Crippen molar-refractivity contribution in [3.8, 4) is 0 Å². The minimum Gasteiger partial charge on any atom is -0.321 e. The molecule has 1 aliphatic rings. The lowest BCUT2D eigenvalue weighted by molar-refractivity contribution is 0.457. The number of rotatable bonds is 1. The number of aryl methyl sites for hydroxylation is 1. The quantitative estimate of drug-likeness (QED) is 0.711. The minimum absolute atomic E-state index is 0.0850. The number of hydrogen-bond donors (Lipinski definition) is 1. The number of pyridine rings is 1. The van der Waals surface area contributed by atoms with Crippen molar-refractivity contribution in [2.75, 3.05) is 0 Å². The molecule has 0 saturated heterocycles. The molecule has 0 aliphatic heterocycles. The molecule has 1 heterocycles. The van der Waals surface area contributed by atoms with Gasteiger partial charge in [-0.2, -0.15) is 0 Å². The summed E-state index contributed by atoms with van der Waals surface area (Å²) in [5.41, 5.74) is 8.78. The lowest BCUT2D eigenvalue weighted by Gasteiger charge is -2.25. The van der Waals surface area contributed by atoms with Gasteiger partial charge in [-0.05, 0) is 37.0 Å². The van der Waals surface area contributed by atoms with Crippen LogP contribution in [0.25, 0.3) is 0 Å². The fourth-order valence-corrected chi connectivity index (χ4v) is 2.26. The third kappa shape index (κ3) is 1.46. The Labute approximate surface area is 79.2 Å². The van der Waals surface area contributed by atoms with Gasteiger partial charge < -0.3 is 5.73 Å². The molecule has 0 amide bonds. The highest BCUT2D eigenvalue weighted by Gasteiger charge is 2.32. The Morgan fingerprint density at radius 2 is 2.08 bits per heavy atom. The van der Waals surface area contributed by atoms with Gasteiger partial charge in [0.2, 0.25) is 0 Å². The molecule has 1 aliphatic carbocycles. The molecule has 1 aromatic heterocycles. The van der Waals surface area contributed by atoms with Gasteiger partial charge in [-0.3, -0.25) is 4.98 Å². The first-order chi connectivity index (χ1) is 6.22. The van der Waals surface area contributed by atoms with E-state index in [1.165, 1.54) is 24.0 Å². The van der Waals surface area contributed by atoms with Crippen molar-refractivity contribution in [1.29, 1.82) is 0 Å². The van der Waals surface area contributed by atoms with Crippen molar-refractivity contribution in [3.63, 3.8) is 0 Å². The lowest BCUT2D eigenvalue weighted by Crippen LogP contribution is -2.33. The van der Waals surface area contributed by atoms with E-state index < -0.39 is 0 Å². The molecule has 2 heteroatoms. The predicted molar refractivity (Wildman–Crippen MR) is 53.3 cm³/mol. The van der Waals surface area contributed by atoms with Crippen LogP contribution in [-0.4, -0.2) is 4.98 Å². The summed E-state index contributed by atoms with van der Waals surface area (Å²) in [5.74, 6) is 0. The zero-order valence-electron chi connectivity index (χ0n) is 8.09. The number of nitrogens with zero attached hydrogens (tertiary/aromatic N) is 1. The summed E-state index contributed by atoms with van der Waals surface area (Å²) in [6.07, 6.45) is 8.49. The van der Waals surface area contributed by atoms with Crippen LogP contribution in [0.2, 0.25) is 0 Å². The van der Waals surface area contributed by atoms with Crippen LogP contribution in [0.1, 0.15) is 36.8 Å². The van der Waals surface area contributed by atoms with Crippen molar-refractivity contribution in [2.24, 2.45) is 5.73 Å². The fourth-order valence-electron chi connectivity index (χ4n) is 2.26. The first-order valence-corrected chi connectivity index (χ1v) is 4.92. The van der Waals surface area contributed by atoms with Gasteiger partial charge in [0.25, 0.3) is 0 Å². The molecule has 70 valence electrons. The van der Waals surface area contributed by atoms with Gasteiger partial charge >= 0.3 is 0 Å². The zero-order chi connectivity index (χ0) is 9.31. The van der Waals surface area contributed by atoms with Crippen molar-refractivity contribution >= 4 is 0 Å². The normalized spacial score (nSPS) is 20.5. The third-order valence-electron chi connectivity index (χ3n) is 3.07. The van der Waals surface area contributed by atoms with Crippen molar-refractivity contribution in [1.82, 2.24) is 4.98 Å². The van der Waals surface area contributed by atoms with E-state index >= 15 is 0 Å². The van der Waals surface area contributed by atoms with Gasteiger partial charge in [0, 0.05) is 17.9 Å². The van der Waals surface area contributed by atoms with Crippen LogP contribution in [-0.2, 0) is 5.54 Å². The van der Waals surface area contributed by atoms with E-state index in [0.717, 1.165) is 12.8 Å². The minimum atomic E-state index is -0.0850. The molecule has 0 unspecified atom stereocenters. The van der Waals surface area contributed by atoms with E-state index in [1.807, 2.05) is 18.5 Å². The van der Waals surface area contributed by atoms with Crippen LogP contribution in [0.5, 0.6) is 0 Å². The maximum atomic E-state index is 6.34. The smallest absolute Gasteiger partial charge is 0.0427 e. The molecule has 1 fully saturated rings. The van der Waals surface area contributed by atoms with E-state index in [0.29, 0.717) is 0 Å². The average Bonchev–Trinajstić information content (AvgIpc) is 2.54. The Morgan fingerprint density at radius 3 is 2.69 bits per heavy atom. The van der Waals surface area contributed by atoms with Gasteiger partial charge in [0.1, 0.15) is 0 Å². The predicted octanol–water partition coefficient (Wildman–Crippen LogP) is 2.12. The van der Waals surface area contributed by atoms with E-state index in [1.54, 1.807) is 0 Å². The summed E-state index contributed by atoms with van der Waals surface area (Å²) in [5, 5.41) is 0. The van der Waals surface area contributed by atoms with Gasteiger partial charge in [0.15, 0.2) is 0 Å². The number of nitrogens with two attached hydrogens (primary N) is 1. The summed E-state index contributed by atoms with van der Waals surface area (Å²) < 4.78 is 0.